The van der Waals surface area contributed by atoms with Crippen molar-refractivity contribution in [1.29, 1.82) is 0 Å². The zero-order valence-corrected chi connectivity index (χ0v) is 24.2. The predicted molar refractivity (Wildman–Crippen MR) is 152 cm³/mol. The third-order valence-corrected chi connectivity index (χ3v) is 7.49. The number of amides is 5. The van der Waals surface area contributed by atoms with Crippen LogP contribution in [0.1, 0.15) is 36.2 Å². The maximum absolute atomic E-state index is 13.4. The van der Waals surface area contributed by atoms with Crippen LogP contribution in [0, 0.1) is 0 Å². The second kappa shape index (κ2) is 14.3. The van der Waals surface area contributed by atoms with Gasteiger partial charge < -0.3 is 40.3 Å². The molecule has 1 aromatic heterocycles. The molecule has 236 valence electrons. The zero-order valence-electron chi connectivity index (χ0n) is 24.2. The molecule has 0 spiro atoms. The number of rotatable bonds is 11. The third kappa shape index (κ3) is 7.62. The van der Waals surface area contributed by atoms with Crippen LogP contribution in [-0.2, 0) is 19.2 Å². The van der Waals surface area contributed by atoms with Gasteiger partial charge in [-0.3, -0.25) is 24.0 Å². The fraction of sp³-hybridized carbons (Fsp3) is 0.464. The van der Waals surface area contributed by atoms with E-state index >= 15 is 0 Å². The first kappa shape index (κ1) is 31.8. The summed E-state index contributed by atoms with van der Waals surface area (Å²) in [4.78, 5) is 78.3. The highest BCUT2D eigenvalue weighted by atomic mass is 16.5. The number of nitrogens with zero attached hydrogens (tertiary/aromatic N) is 5. The van der Waals surface area contributed by atoms with Gasteiger partial charge >= 0.3 is 12.1 Å². The maximum atomic E-state index is 13.4. The highest BCUT2D eigenvalue weighted by molar-refractivity contribution is 5.96. The Bertz CT molecular complexity index is 1390. The Labute approximate surface area is 252 Å². The fourth-order valence-electron chi connectivity index (χ4n) is 5.15. The molecular formula is C28H35N7O9. The largest absolute Gasteiger partial charge is 0.481 e. The minimum atomic E-state index is -1.21. The number of carbonyl (C=O) groups excluding carboxylic acids is 4. The summed E-state index contributed by atoms with van der Waals surface area (Å²) < 4.78 is 7.13. The molecule has 44 heavy (non-hydrogen) atoms. The molecule has 2 fully saturated rings. The Morgan fingerprint density at radius 1 is 1.00 bits per heavy atom. The van der Waals surface area contributed by atoms with Crippen LogP contribution < -0.4 is 15.4 Å². The number of para-hydroxylation sites is 1. The molecule has 2 unspecified atom stereocenters. The zero-order chi connectivity index (χ0) is 31.8. The van der Waals surface area contributed by atoms with Crippen LogP contribution in [0.15, 0.2) is 36.4 Å². The van der Waals surface area contributed by atoms with Gasteiger partial charge in [0, 0.05) is 52.3 Å². The molecule has 5 amide bonds. The van der Waals surface area contributed by atoms with E-state index in [1.807, 2.05) is 0 Å². The van der Waals surface area contributed by atoms with E-state index in [9.17, 15) is 39.0 Å². The van der Waals surface area contributed by atoms with E-state index in [4.69, 9.17) is 4.74 Å². The van der Waals surface area contributed by atoms with Crippen molar-refractivity contribution in [3.63, 3.8) is 0 Å². The van der Waals surface area contributed by atoms with E-state index in [0.29, 0.717) is 25.1 Å². The molecule has 0 bridgehead atoms. The summed E-state index contributed by atoms with van der Waals surface area (Å²) in [5, 5.41) is 27.9. The summed E-state index contributed by atoms with van der Waals surface area (Å²) in [7, 11) is 1.50. The van der Waals surface area contributed by atoms with Crippen molar-refractivity contribution in [2.75, 3.05) is 46.4 Å². The van der Waals surface area contributed by atoms with Crippen molar-refractivity contribution in [3.8, 4) is 11.6 Å². The molecule has 2 aromatic rings. The number of carboxylic acid groups (broad SMARTS) is 2. The quantitative estimate of drug-likeness (QED) is 0.262. The monoisotopic (exact) mass is 613 g/mol. The Morgan fingerprint density at radius 2 is 1.68 bits per heavy atom. The molecule has 4 N–H and O–H groups in total. The first-order valence-electron chi connectivity index (χ1n) is 14.2. The second-order valence-electron chi connectivity index (χ2n) is 10.3. The molecule has 1 aromatic carbocycles. The number of aromatic nitrogens is 2. The van der Waals surface area contributed by atoms with E-state index in [1.165, 1.54) is 32.5 Å². The molecule has 0 aliphatic carbocycles. The summed E-state index contributed by atoms with van der Waals surface area (Å²) in [5.74, 6) is -3.08. The van der Waals surface area contributed by atoms with Crippen LogP contribution in [0.3, 0.4) is 0 Å². The van der Waals surface area contributed by atoms with E-state index in [0.717, 1.165) is 0 Å². The highest BCUT2D eigenvalue weighted by Crippen LogP contribution is 2.22. The topological polar surface area (TPSA) is 204 Å². The highest BCUT2D eigenvalue weighted by Gasteiger charge is 2.34. The minimum Gasteiger partial charge on any atom is -0.481 e. The van der Waals surface area contributed by atoms with Crippen LogP contribution in [0.25, 0.3) is 5.69 Å². The van der Waals surface area contributed by atoms with Crippen molar-refractivity contribution >= 4 is 35.7 Å². The van der Waals surface area contributed by atoms with E-state index in [-0.39, 0.29) is 50.1 Å². The molecule has 4 rings (SSSR count). The van der Waals surface area contributed by atoms with Gasteiger partial charge in [0.1, 0.15) is 12.1 Å². The number of aliphatic carboxylic acids is 1. The van der Waals surface area contributed by atoms with E-state index in [2.05, 4.69) is 15.7 Å². The van der Waals surface area contributed by atoms with Gasteiger partial charge in [0.15, 0.2) is 12.3 Å². The Hall–Kier alpha value is -5.15. The smallest absolute Gasteiger partial charge is 0.407 e. The summed E-state index contributed by atoms with van der Waals surface area (Å²) in [6, 6.07) is 8.20. The average molecular weight is 614 g/mol. The number of hydrogen-bond acceptors (Lipinski definition) is 8. The Balaban J connectivity index is 1.51. The standard InChI is InChI=1S/C28H35N7O9/c1-29-26(40)21-8-5-11-34(21)22(36)17-44-23-16-20(31-35(23)18-6-3-2-4-7-18)25(39)30-19(9-10-24(37)38)27(41)32-12-14-33(15-13-32)28(42)43/h2-4,6-7,16,19,21H,5,8-15,17H2,1H3,(H,29,40)(H,30,39)(H,37,38)(H,42,43). The van der Waals surface area contributed by atoms with Crippen LogP contribution in [0.5, 0.6) is 5.88 Å². The van der Waals surface area contributed by atoms with Gasteiger partial charge in [-0.1, -0.05) is 18.2 Å². The lowest BCUT2D eigenvalue weighted by Crippen LogP contribution is -2.55. The minimum absolute atomic E-state index is 0.0589. The third-order valence-electron chi connectivity index (χ3n) is 7.49. The first-order valence-corrected chi connectivity index (χ1v) is 14.2. The molecular weight excluding hydrogens is 578 g/mol. The van der Waals surface area contributed by atoms with Crippen molar-refractivity contribution in [1.82, 2.24) is 35.1 Å². The van der Waals surface area contributed by atoms with E-state index < -0.39 is 54.9 Å². The van der Waals surface area contributed by atoms with Gasteiger partial charge in [0.05, 0.1) is 5.69 Å². The van der Waals surface area contributed by atoms with Crippen LogP contribution in [0.4, 0.5) is 4.79 Å². The molecule has 2 saturated heterocycles. The van der Waals surface area contributed by atoms with Gasteiger partial charge in [-0.25, -0.2) is 9.48 Å². The summed E-state index contributed by atoms with van der Waals surface area (Å²) >= 11 is 0. The van der Waals surface area contributed by atoms with E-state index in [1.54, 1.807) is 30.3 Å². The van der Waals surface area contributed by atoms with Gasteiger partial charge in [0.25, 0.3) is 11.8 Å². The number of likely N-dealkylation sites (N-methyl/N-ethyl adjacent to an activating group) is 1. The van der Waals surface area contributed by atoms with Crippen LogP contribution in [0.2, 0.25) is 0 Å². The number of benzene rings is 1. The number of carboxylic acids is 1. The second-order valence-corrected chi connectivity index (χ2v) is 10.3. The summed E-state index contributed by atoms with van der Waals surface area (Å²) in [5.41, 5.74) is 0.373. The van der Waals surface area contributed by atoms with Crippen molar-refractivity contribution in [3.05, 3.63) is 42.1 Å². The van der Waals surface area contributed by atoms with Crippen molar-refractivity contribution in [2.24, 2.45) is 0 Å². The fourth-order valence-corrected chi connectivity index (χ4v) is 5.15. The molecule has 16 heteroatoms. The number of ether oxygens (including phenoxy) is 1. The van der Waals surface area contributed by atoms with Crippen LogP contribution >= 0.6 is 0 Å². The maximum Gasteiger partial charge on any atom is 0.407 e. The molecule has 2 aliphatic rings. The number of nitrogens with one attached hydrogen (secondary N) is 2. The molecule has 2 atom stereocenters. The first-order chi connectivity index (χ1) is 21.1. The van der Waals surface area contributed by atoms with Crippen molar-refractivity contribution in [2.45, 2.75) is 37.8 Å². The Morgan fingerprint density at radius 3 is 2.32 bits per heavy atom. The van der Waals surface area contributed by atoms with Crippen LogP contribution in [-0.4, -0.2) is 129 Å². The lowest BCUT2D eigenvalue weighted by atomic mass is 10.1. The lowest BCUT2D eigenvalue weighted by Gasteiger charge is -2.35. The Kier molecular flexibility index (Phi) is 10.4. The number of piperazine rings is 1. The van der Waals surface area contributed by atoms with Gasteiger partial charge in [-0.05, 0) is 31.4 Å². The molecule has 0 saturated carbocycles. The van der Waals surface area contributed by atoms with Crippen molar-refractivity contribution < 1.29 is 43.7 Å². The molecule has 16 nitrogen and oxygen atoms in total. The lowest BCUT2D eigenvalue weighted by molar-refractivity contribution is -0.139. The van der Waals surface area contributed by atoms with Gasteiger partial charge in [-0.2, -0.15) is 5.10 Å². The predicted octanol–water partition coefficient (Wildman–Crippen LogP) is -0.226. The number of hydrogen-bond donors (Lipinski definition) is 4. The average Bonchev–Trinajstić information content (AvgIpc) is 3.70. The van der Waals surface area contributed by atoms with Gasteiger partial charge in [0.2, 0.25) is 17.7 Å². The number of likely N-dealkylation sites (tertiary alicyclic amines) is 1. The van der Waals surface area contributed by atoms with Gasteiger partial charge in [-0.15, -0.1) is 0 Å². The summed E-state index contributed by atoms with van der Waals surface area (Å²) in [6.45, 7) is 0.345. The molecule has 3 heterocycles. The molecule has 2 aliphatic heterocycles. The SMILES string of the molecule is CNC(=O)C1CCCN1C(=O)COc1cc(C(=O)NC(CCC(=O)O)C(=O)N2CCN(C(=O)O)CC2)nn1-c1ccccc1. The normalized spacial score (nSPS) is 17.1. The number of carbonyl (C=O) groups is 6. The summed E-state index contributed by atoms with van der Waals surface area (Å²) in [6.07, 6.45) is -0.484. The molecule has 0 radical (unpaired) electrons.